The maximum absolute atomic E-state index is 11.4. The lowest BCUT2D eigenvalue weighted by Gasteiger charge is -2.19. The molecule has 0 spiro atoms. The van der Waals surface area contributed by atoms with Crippen molar-refractivity contribution >= 4 is 17.5 Å². The number of carbonyl (C=O) groups is 1. The third kappa shape index (κ3) is 4.50. The largest absolute Gasteiger partial charge is 0.444 e. The summed E-state index contributed by atoms with van der Waals surface area (Å²) in [5.41, 5.74) is -0.534. The van der Waals surface area contributed by atoms with E-state index in [-0.39, 0.29) is 11.4 Å². The highest BCUT2D eigenvalue weighted by Crippen LogP contribution is 2.17. The minimum atomic E-state index is -0.672. The predicted molar refractivity (Wildman–Crippen MR) is 61.8 cm³/mol. The minimum Gasteiger partial charge on any atom is -0.444 e. The molecule has 6 heteroatoms. The molecule has 91 valence electrons. The van der Waals surface area contributed by atoms with Crippen LogP contribution in [0.3, 0.4) is 0 Å². The van der Waals surface area contributed by atoms with E-state index in [0.717, 1.165) is 0 Å². The Hall–Kier alpha value is -2.11. The molecule has 0 fully saturated rings. The summed E-state index contributed by atoms with van der Waals surface area (Å²) in [5.74, 6) is 0. The van der Waals surface area contributed by atoms with Crippen LogP contribution in [0.25, 0.3) is 0 Å². The number of nitrogens with zero attached hydrogens (tertiary/aromatic N) is 1. The smallest absolute Gasteiger partial charge is 0.412 e. The second-order valence-electron chi connectivity index (χ2n) is 4.34. The molecule has 0 bridgehead atoms. The van der Waals surface area contributed by atoms with Crippen molar-refractivity contribution in [2.75, 3.05) is 5.32 Å². The minimum absolute atomic E-state index is 0.116. The van der Waals surface area contributed by atoms with Crippen molar-refractivity contribution in [1.29, 1.82) is 0 Å². The number of rotatable bonds is 2. The molecule has 1 aromatic carbocycles. The van der Waals surface area contributed by atoms with Crippen molar-refractivity contribution in [2.24, 2.45) is 0 Å². The summed E-state index contributed by atoms with van der Waals surface area (Å²) in [5, 5.41) is 12.9. The zero-order valence-corrected chi connectivity index (χ0v) is 9.81. The molecule has 1 rings (SSSR count). The summed E-state index contributed by atoms with van der Waals surface area (Å²) < 4.78 is 5.00. The summed E-state index contributed by atoms with van der Waals surface area (Å²) in [6, 6.07) is 6.53. The van der Waals surface area contributed by atoms with Crippen LogP contribution in [0.4, 0.5) is 16.2 Å². The fraction of sp³-hybridized carbons (Fsp3) is 0.364. The number of ether oxygens (including phenoxy) is 1. The van der Waals surface area contributed by atoms with Crippen LogP contribution in [0.2, 0.25) is 0 Å². The average Bonchev–Trinajstić information content (AvgIpc) is 2.14. The van der Waals surface area contributed by atoms with E-state index in [1.54, 1.807) is 20.8 Å². The molecule has 0 unspecified atom stereocenters. The lowest BCUT2D eigenvalue weighted by atomic mass is 10.2. The molecule has 0 heterocycles. The van der Waals surface area contributed by atoms with E-state index in [9.17, 15) is 14.9 Å². The van der Waals surface area contributed by atoms with Gasteiger partial charge in [0.15, 0.2) is 0 Å². The normalized spacial score (nSPS) is 10.8. The van der Waals surface area contributed by atoms with Gasteiger partial charge in [0.25, 0.3) is 5.69 Å². The highest BCUT2D eigenvalue weighted by Gasteiger charge is 2.16. The van der Waals surface area contributed by atoms with Gasteiger partial charge in [-0.05, 0) is 26.8 Å². The summed E-state index contributed by atoms with van der Waals surface area (Å²) in [6.45, 7) is 5.18. The average molecular weight is 237 g/mol. The van der Waals surface area contributed by atoms with Crippen molar-refractivity contribution in [1.82, 2.24) is 0 Å². The van der Waals surface area contributed by atoms with Crippen LogP contribution in [-0.4, -0.2) is 16.6 Å². The molecule has 1 aromatic rings. The van der Waals surface area contributed by atoms with E-state index in [0.29, 0.717) is 0 Å². The molecule has 0 saturated heterocycles. The van der Waals surface area contributed by atoms with Crippen LogP contribution in [0.1, 0.15) is 20.8 Å². The number of nitro groups is 1. The number of nitrogens with one attached hydrogen (secondary N) is 1. The van der Waals surface area contributed by atoms with E-state index in [2.05, 4.69) is 11.4 Å². The highest BCUT2D eigenvalue weighted by molar-refractivity contribution is 5.85. The van der Waals surface area contributed by atoms with Crippen LogP contribution in [-0.2, 0) is 4.74 Å². The molecule has 17 heavy (non-hydrogen) atoms. The number of hydrogen-bond acceptors (Lipinski definition) is 4. The van der Waals surface area contributed by atoms with Crippen molar-refractivity contribution in [2.45, 2.75) is 26.4 Å². The quantitative estimate of drug-likeness (QED) is 0.633. The van der Waals surface area contributed by atoms with Crippen molar-refractivity contribution in [3.8, 4) is 0 Å². The Kier molecular flexibility index (Phi) is 3.67. The van der Waals surface area contributed by atoms with E-state index in [4.69, 9.17) is 4.74 Å². The highest BCUT2D eigenvalue weighted by atomic mass is 16.6. The Morgan fingerprint density at radius 2 is 2.18 bits per heavy atom. The van der Waals surface area contributed by atoms with Crippen molar-refractivity contribution in [3.05, 3.63) is 34.4 Å². The van der Waals surface area contributed by atoms with E-state index < -0.39 is 16.6 Å². The van der Waals surface area contributed by atoms with E-state index >= 15 is 0 Å². The fourth-order valence-corrected chi connectivity index (χ4v) is 1.05. The lowest BCUT2D eigenvalue weighted by molar-refractivity contribution is -0.384. The first-order valence-corrected chi connectivity index (χ1v) is 4.94. The Bertz CT molecular complexity index is 437. The summed E-state index contributed by atoms with van der Waals surface area (Å²) in [6.07, 6.45) is -0.672. The zero-order chi connectivity index (χ0) is 13.1. The van der Waals surface area contributed by atoms with Gasteiger partial charge in [0.2, 0.25) is 0 Å². The molecule has 0 aromatic heterocycles. The molecule has 1 radical (unpaired) electrons. The third-order valence-electron chi connectivity index (χ3n) is 1.63. The summed E-state index contributed by atoms with van der Waals surface area (Å²) >= 11 is 0. The molecule has 0 aliphatic carbocycles. The van der Waals surface area contributed by atoms with Gasteiger partial charge in [-0.1, -0.05) is 0 Å². The Labute approximate surface area is 98.7 Å². The van der Waals surface area contributed by atoms with E-state index in [1.165, 1.54) is 18.2 Å². The SMILES string of the molecule is CC(C)(C)OC(=O)Nc1[c]ccc([N+](=O)[O-])c1. The molecule has 0 aliphatic heterocycles. The number of benzene rings is 1. The van der Waals surface area contributed by atoms with Gasteiger partial charge < -0.3 is 4.74 Å². The van der Waals surface area contributed by atoms with Gasteiger partial charge in [0.1, 0.15) is 5.60 Å². The molecule has 0 atom stereocenters. The number of non-ortho nitro benzene ring substituents is 1. The lowest BCUT2D eigenvalue weighted by Crippen LogP contribution is -2.27. The van der Waals surface area contributed by atoms with Crippen LogP contribution in [0.5, 0.6) is 0 Å². The molecule has 1 N–H and O–H groups in total. The number of anilines is 1. The Morgan fingerprint density at radius 1 is 1.53 bits per heavy atom. The number of nitro benzene ring substituents is 1. The van der Waals surface area contributed by atoms with Crippen LogP contribution < -0.4 is 5.32 Å². The van der Waals surface area contributed by atoms with Gasteiger partial charge in [0.05, 0.1) is 10.6 Å². The zero-order valence-electron chi connectivity index (χ0n) is 9.81. The molecule has 6 nitrogen and oxygen atoms in total. The summed E-state index contributed by atoms with van der Waals surface area (Å²) in [7, 11) is 0. The van der Waals surface area contributed by atoms with Gasteiger partial charge in [0, 0.05) is 18.2 Å². The fourth-order valence-electron chi connectivity index (χ4n) is 1.05. The predicted octanol–water partition coefficient (Wildman–Crippen LogP) is 2.74. The number of carbonyl (C=O) groups excluding carboxylic acids is 1. The Morgan fingerprint density at radius 3 is 2.71 bits per heavy atom. The first kappa shape index (κ1) is 13.0. The van der Waals surface area contributed by atoms with Gasteiger partial charge >= 0.3 is 6.09 Å². The number of amides is 1. The van der Waals surface area contributed by atoms with E-state index in [1.807, 2.05) is 0 Å². The second kappa shape index (κ2) is 4.82. The van der Waals surface area contributed by atoms with Gasteiger partial charge in [-0.15, -0.1) is 0 Å². The maximum Gasteiger partial charge on any atom is 0.412 e. The Balaban J connectivity index is 2.72. The van der Waals surface area contributed by atoms with Crippen LogP contribution in [0, 0.1) is 16.2 Å². The van der Waals surface area contributed by atoms with Gasteiger partial charge in [-0.25, -0.2) is 4.79 Å². The first-order valence-electron chi connectivity index (χ1n) is 4.94. The molecule has 0 saturated carbocycles. The molecule has 0 aliphatic rings. The monoisotopic (exact) mass is 237 g/mol. The van der Waals surface area contributed by atoms with Gasteiger partial charge in [-0.2, -0.15) is 0 Å². The first-order chi connectivity index (χ1) is 7.78. The van der Waals surface area contributed by atoms with Crippen molar-refractivity contribution in [3.63, 3.8) is 0 Å². The molecular weight excluding hydrogens is 224 g/mol. The third-order valence-corrected chi connectivity index (χ3v) is 1.63. The standard InChI is InChI=1S/C11H13N2O4/c1-11(2,3)17-10(14)12-8-5-4-6-9(7-8)13(15)16/h4,6-7H,1-3H3,(H,12,14). The van der Waals surface area contributed by atoms with Gasteiger partial charge in [-0.3, -0.25) is 15.4 Å². The van der Waals surface area contributed by atoms with Crippen molar-refractivity contribution < 1.29 is 14.5 Å². The second-order valence-corrected chi connectivity index (χ2v) is 4.34. The summed E-state index contributed by atoms with van der Waals surface area (Å²) in [4.78, 5) is 21.4. The molecular formula is C11H13N2O4. The maximum atomic E-state index is 11.4. The number of hydrogen-bond donors (Lipinski definition) is 1. The van der Waals surface area contributed by atoms with Crippen LogP contribution >= 0.6 is 0 Å². The molecule has 1 amide bonds. The van der Waals surface area contributed by atoms with Crippen LogP contribution in [0.15, 0.2) is 18.2 Å². The topological polar surface area (TPSA) is 81.5 Å².